The summed E-state index contributed by atoms with van der Waals surface area (Å²) in [6, 6.07) is 6.22. The fraction of sp³-hybridized carbons (Fsp3) is 0.182. The number of hydrogen-bond donors (Lipinski definition) is 1. The maximum absolute atomic E-state index is 10.5. The number of aliphatic hydroxyl groups excluding tert-OH is 1. The van der Waals surface area contributed by atoms with Crippen molar-refractivity contribution in [2.75, 3.05) is 6.61 Å². The van der Waals surface area contributed by atoms with E-state index >= 15 is 0 Å². The molecule has 0 saturated carbocycles. The summed E-state index contributed by atoms with van der Waals surface area (Å²) in [4.78, 5) is 21.1. The fourth-order valence-corrected chi connectivity index (χ4v) is 2.08. The van der Waals surface area contributed by atoms with Gasteiger partial charge < -0.3 is 5.11 Å². The number of carbonyl (C=O) groups excluding carboxylic acids is 1. The minimum absolute atomic E-state index is 0.0488. The number of benzene rings is 1. The number of nitrogens with zero attached hydrogens (tertiary/aromatic N) is 1. The highest BCUT2D eigenvalue weighted by atomic mass is 32.1. The van der Waals surface area contributed by atoms with E-state index in [0.717, 1.165) is 16.4 Å². The number of nitro benzene ring substituents is 1. The molecular weight excluding hydrogens is 242 g/mol. The van der Waals surface area contributed by atoms with E-state index in [9.17, 15) is 14.9 Å². The van der Waals surface area contributed by atoms with E-state index in [-0.39, 0.29) is 12.3 Å². The third-order valence-electron chi connectivity index (χ3n) is 1.85. The van der Waals surface area contributed by atoms with E-state index in [1.165, 1.54) is 23.5 Å². The zero-order valence-electron chi connectivity index (χ0n) is 9.12. The number of thiophene rings is 1. The lowest BCUT2D eigenvalue weighted by Gasteiger charge is -1.89. The SMILES string of the molecule is CCO.O=Cc1cc2cc([N+](=O)[O-])ccc2s1. The van der Waals surface area contributed by atoms with Gasteiger partial charge in [0.2, 0.25) is 0 Å². The van der Waals surface area contributed by atoms with E-state index in [1.807, 2.05) is 0 Å². The van der Waals surface area contributed by atoms with Gasteiger partial charge in [-0.15, -0.1) is 11.3 Å². The molecule has 0 aliphatic carbocycles. The molecule has 0 atom stereocenters. The van der Waals surface area contributed by atoms with Crippen molar-refractivity contribution < 1.29 is 14.8 Å². The van der Waals surface area contributed by atoms with E-state index < -0.39 is 4.92 Å². The Balaban J connectivity index is 0.000000437. The van der Waals surface area contributed by atoms with E-state index in [0.29, 0.717) is 4.88 Å². The third-order valence-corrected chi connectivity index (χ3v) is 2.89. The predicted octanol–water partition coefficient (Wildman–Crippen LogP) is 2.62. The van der Waals surface area contributed by atoms with Crippen LogP contribution in [0.1, 0.15) is 16.6 Å². The predicted molar refractivity (Wildman–Crippen MR) is 66.6 cm³/mol. The van der Waals surface area contributed by atoms with Crippen LogP contribution in [0.25, 0.3) is 10.1 Å². The summed E-state index contributed by atoms with van der Waals surface area (Å²) in [6.45, 7) is 1.93. The molecule has 1 aromatic carbocycles. The first-order valence-corrected chi connectivity index (χ1v) is 5.68. The van der Waals surface area contributed by atoms with Crippen molar-refractivity contribution in [3.8, 4) is 0 Å². The summed E-state index contributed by atoms with van der Waals surface area (Å²) >= 11 is 1.33. The van der Waals surface area contributed by atoms with E-state index in [1.54, 1.807) is 19.1 Å². The molecule has 2 rings (SSSR count). The summed E-state index contributed by atoms with van der Waals surface area (Å²) < 4.78 is 0.887. The molecule has 17 heavy (non-hydrogen) atoms. The molecule has 0 radical (unpaired) electrons. The molecule has 1 heterocycles. The first-order chi connectivity index (χ1) is 8.12. The van der Waals surface area contributed by atoms with Gasteiger partial charge in [-0.3, -0.25) is 14.9 Å². The molecule has 2 aromatic rings. The van der Waals surface area contributed by atoms with Crippen LogP contribution >= 0.6 is 11.3 Å². The van der Waals surface area contributed by atoms with Crippen LogP contribution in [0.3, 0.4) is 0 Å². The second kappa shape index (κ2) is 6.07. The average Bonchev–Trinajstić information content (AvgIpc) is 2.71. The van der Waals surface area contributed by atoms with Crippen molar-refractivity contribution in [3.05, 3.63) is 39.3 Å². The topological polar surface area (TPSA) is 80.4 Å². The number of fused-ring (bicyclic) bond motifs is 1. The van der Waals surface area contributed by atoms with Crippen LogP contribution in [-0.4, -0.2) is 22.9 Å². The second-order valence-electron chi connectivity index (χ2n) is 3.06. The van der Waals surface area contributed by atoms with Crippen LogP contribution in [-0.2, 0) is 0 Å². The van der Waals surface area contributed by atoms with Crippen molar-refractivity contribution in [1.82, 2.24) is 0 Å². The molecule has 0 fully saturated rings. The van der Waals surface area contributed by atoms with E-state index in [2.05, 4.69) is 0 Å². The molecule has 1 aromatic heterocycles. The van der Waals surface area contributed by atoms with Gasteiger partial charge in [-0.25, -0.2) is 0 Å². The summed E-state index contributed by atoms with van der Waals surface area (Å²) in [6.07, 6.45) is 0.747. The van der Waals surface area contributed by atoms with Gasteiger partial charge in [-0.05, 0) is 24.4 Å². The highest BCUT2D eigenvalue weighted by Gasteiger charge is 2.08. The first kappa shape index (κ1) is 13.3. The lowest BCUT2D eigenvalue weighted by molar-refractivity contribution is -0.384. The Morgan fingerprint density at radius 2 is 2.12 bits per heavy atom. The maximum Gasteiger partial charge on any atom is 0.270 e. The van der Waals surface area contributed by atoms with Crippen molar-refractivity contribution >= 4 is 33.4 Å². The van der Waals surface area contributed by atoms with Crippen LogP contribution in [0.5, 0.6) is 0 Å². The monoisotopic (exact) mass is 253 g/mol. The Kier molecular flexibility index (Phi) is 4.74. The number of nitro groups is 1. The number of aliphatic hydroxyl groups is 1. The largest absolute Gasteiger partial charge is 0.397 e. The van der Waals surface area contributed by atoms with Gasteiger partial charge in [-0.2, -0.15) is 0 Å². The number of rotatable bonds is 2. The van der Waals surface area contributed by atoms with Crippen LogP contribution in [0.15, 0.2) is 24.3 Å². The van der Waals surface area contributed by atoms with Gasteiger partial charge in [-0.1, -0.05) is 0 Å². The van der Waals surface area contributed by atoms with Crippen molar-refractivity contribution in [2.24, 2.45) is 0 Å². The average molecular weight is 253 g/mol. The summed E-state index contributed by atoms with van der Waals surface area (Å²) in [7, 11) is 0. The van der Waals surface area contributed by atoms with Crippen LogP contribution < -0.4 is 0 Å². The van der Waals surface area contributed by atoms with Crippen molar-refractivity contribution in [3.63, 3.8) is 0 Å². The zero-order chi connectivity index (χ0) is 12.8. The van der Waals surface area contributed by atoms with Gasteiger partial charge in [0.25, 0.3) is 5.69 Å². The highest BCUT2D eigenvalue weighted by molar-refractivity contribution is 7.20. The number of aldehydes is 1. The van der Waals surface area contributed by atoms with Gasteiger partial charge in [0.1, 0.15) is 0 Å². The molecular formula is C11H11NO4S. The molecule has 0 aliphatic rings. The second-order valence-corrected chi connectivity index (χ2v) is 4.18. The van der Waals surface area contributed by atoms with Gasteiger partial charge in [0.15, 0.2) is 6.29 Å². The van der Waals surface area contributed by atoms with E-state index in [4.69, 9.17) is 5.11 Å². The minimum Gasteiger partial charge on any atom is -0.397 e. The molecule has 5 nitrogen and oxygen atoms in total. The zero-order valence-corrected chi connectivity index (χ0v) is 9.94. The Morgan fingerprint density at radius 3 is 2.65 bits per heavy atom. The Morgan fingerprint density at radius 1 is 1.47 bits per heavy atom. The van der Waals surface area contributed by atoms with Crippen LogP contribution in [0.2, 0.25) is 0 Å². The Bertz CT molecular complexity index is 535. The molecule has 90 valence electrons. The quantitative estimate of drug-likeness (QED) is 0.506. The van der Waals surface area contributed by atoms with Crippen molar-refractivity contribution in [2.45, 2.75) is 6.92 Å². The third kappa shape index (κ3) is 3.33. The summed E-state index contributed by atoms with van der Waals surface area (Å²) in [5, 5.41) is 18.8. The normalized spacial score (nSPS) is 9.53. The number of non-ortho nitro benzene ring substituents is 1. The van der Waals surface area contributed by atoms with Gasteiger partial charge >= 0.3 is 0 Å². The minimum atomic E-state index is -0.447. The van der Waals surface area contributed by atoms with Gasteiger partial charge in [0.05, 0.1) is 9.80 Å². The molecule has 0 aliphatic heterocycles. The highest BCUT2D eigenvalue weighted by Crippen LogP contribution is 2.27. The molecule has 0 unspecified atom stereocenters. The van der Waals surface area contributed by atoms with Crippen LogP contribution in [0.4, 0.5) is 5.69 Å². The van der Waals surface area contributed by atoms with Crippen molar-refractivity contribution in [1.29, 1.82) is 0 Å². The Hall–Kier alpha value is -1.79. The fourth-order valence-electron chi connectivity index (χ4n) is 1.22. The molecule has 0 amide bonds. The van der Waals surface area contributed by atoms with Gasteiger partial charge in [0, 0.05) is 23.4 Å². The lowest BCUT2D eigenvalue weighted by atomic mass is 10.2. The molecule has 1 N–H and O–H groups in total. The Labute approximate surface area is 101 Å². The first-order valence-electron chi connectivity index (χ1n) is 4.86. The summed E-state index contributed by atoms with van der Waals surface area (Å²) in [5.41, 5.74) is 0.0488. The molecule has 0 spiro atoms. The molecule has 0 bridgehead atoms. The molecule has 6 heteroatoms. The lowest BCUT2D eigenvalue weighted by Crippen LogP contribution is -1.85. The van der Waals surface area contributed by atoms with Crippen LogP contribution in [0, 0.1) is 10.1 Å². The summed E-state index contributed by atoms with van der Waals surface area (Å²) in [5.74, 6) is 0. The maximum atomic E-state index is 10.5. The standard InChI is InChI=1S/C9H5NO3S.C2H6O/c11-5-8-4-6-3-7(10(12)13)1-2-9(6)14-8;1-2-3/h1-5H;3H,2H2,1H3. The molecule has 0 saturated heterocycles. The number of hydrogen-bond acceptors (Lipinski definition) is 5. The number of carbonyl (C=O) groups is 1. The smallest absolute Gasteiger partial charge is 0.270 e.